The molecule has 0 spiro atoms. The molecule has 16 nitrogen and oxygen atoms in total. The van der Waals surface area contributed by atoms with Crippen LogP contribution in [0.4, 0.5) is 0 Å². The zero-order chi connectivity index (χ0) is 43.8. The van der Waals surface area contributed by atoms with Crippen molar-refractivity contribution in [1.82, 2.24) is 0 Å². The molecule has 0 saturated heterocycles. The maximum absolute atomic E-state index is 12.6. The van der Waals surface area contributed by atoms with Crippen molar-refractivity contribution >= 4 is 47.4 Å². The summed E-state index contributed by atoms with van der Waals surface area (Å²) < 4.78 is 15.0. The number of ether oxygens (including phenoxy) is 3. The molecule has 0 aliphatic carbocycles. The number of carboxylic acid groups (broad SMARTS) is 3. The number of Topliss-reactive ketones (excluding diaryl/α,β-unsaturated/α-hetero) is 2. The molecule has 0 heterocycles. The zero-order valence-corrected chi connectivity index (χ0v) is 34.7. The SMILES string of the molecule is CCCCC(CCCC)(C(=O)O)C(O)(C(=O)O)C(CCCC)(C(C)=O)C(=O)O.CCCCOC(=O)CC(O)(C(=O)OCCCC)C(C(C)=O)C(=O)OCCCC. The van der Waals surface area contributed by atoms with Crippen LogP contribution in [-0.4, -0.2) is 104 Å². The summed E-state index contributed by atoms with van der Waals surface area (Å²) in [6.07, 6.45) is 4.37. The van der Waals surface area contributed by atoms with E-state index in [-0.39, 0.29) is 51.9 Å². The Balaban J connectivity index is 0. The first kappa shape index (κ1) is 54.2. The number of hydrogen-bond donors (Lipinski definition) is 5. The fourth-order valence-electron chi connectivity index (χ4n) is 6.50. The third kappa shape index (κ3) is 13.9. The van der Waals surface area contributed by atoms with Crippen molar-refractivity contribution in [3.05, 3.63) is 0 Å². The lowest BCUT2D eigenvalue weighted by atomic mass is 9.52. The number of ketones is 2. The lowest BCUT2D eigenvalue weighted by Gasteiger charge is -2.50. The molecule has 0 aromatic heterocycles. The summed E-state index contributed by atoms with van der Waals surface area (Å²) in [5.74, 6) is -12.3. The highest BCUT2D eigenvalue weighted by Gasteiger charge is 2.74. The second-order valence-electron chi connectivity index (χ2n) is 14.2. The molecule has 0 aromatic carbocycles. The number of esters is 3. The number of hydrogen-bond acceptors (Lipinski definition) is 13. The van der Waals surface area contributed by atoms with Gasteiger partial charge in [0.1, 0.15) is 11.2 Å². The van der Waals surface area contributed by atoms with Crippen LogP contribution in [0.25, 0.3) is 0 Å². The topological polar surface area (TPSA) is 265 Å². The standard InChI is InChI=1S/2C20H34O8/c1-5-8-11-26-16(22)14-20(25,19(24)28-13-10-7-3)17(15(4)21)18(23)27-12-9-6-2;1-5-8-11-18(15(22)23,12-9-6-2)20(28,17(26)27)19(14(4)21,16(24)25)13-10-7-3/h17,25H,5-14H2,1-4H3;28H,5-13H2,1-4H3,(H,22,23)(H,24,25)(H,26,27). The minimum Gasteiger partial charge on any atom is -0.481 e. The highest BCUT2D eigenvalue weighted by atomic mass is 16.6. The molecule has 0 radical (unpaired) electrons. The first-order chi connectivity index (χ1) is 26.2. The van der Waals surface area contributed by atoms with Gasteiger partial charge in [-0.1, -0.05) is 99.3 Å². The molecule has 16 heteroatoms. The Labute approximate surface area is 331 Å². The van der Waals surface area contributed by atoms with Gasteiger partial charge in [-0.15, -0.1) is 0 Å². The maximum atomic E-state index is 12.6. The highest BCUT2D eigenvalue weighted by Crippen LogP contribution is 2.54. The van der Waals surface area contributed by atoms with Crippen molar-refractivity contribution in [2.24, 2.45) is 16.7 Å². The summed E-state index contributed by atoms with van der Waals surface area (Å²) in [6, 6.07) is 0. The number of carbonyl (C=O) groups is 8. The summed E-state index contributed by atoms with van der Waals surface area (Å²) in [7, 11) is 0. The highest BCUT2D eigenvalue weighted by molar-refractivity contribution is 6.10. The second kappa shape index (κ2) is 26.8. The summed E-state index contributed by atoms with van der Waals surface area (Å²) in [5.41, 5.74) is -11.0. The molecule has 0 bridgehead atoms. The molecular formula is C40H68O16. The van der Waals surface area contributed by atoms with Crippen LogP contribution in [-0.2, 0) is 52.6 Å². The molecule has 0 rings (SSSR count). The van der Waals surface area contributed by atoms with E-state index in [2.05, 4.69) is 0 Å². The van der Waals surface area contributed by atoms with Gasteiger partial charge in [-0.05, 0) is 52.4 Å². The third-order valence-electron chi connectivity index (χ3n) is 9.94. The lowest BCUT2D eigenvalue weighted by molar-refractivity contribution is -0.223. The molecule has 0 saturated carbocycles. The normalized spacial score (nSPS) is 15.0. The van der Waals surface area contributed by atoms with Crippen molar-refractivity contribution < 1.29 is 78.1 Å². The first-order valence-corrected chi connectivity index (χ1v) is 19.9. The molecular weight excluding hydrogens is 736 g/mol. The molecule has 0 fully saturated rings. The van der Waals surface area contributed by atoms with Crippen LogP contribution in [0.2, 0.25) is 0 Å². The molecule has 324 valence electrons. The third-order valence-corrected chi connectivity index (χ3v) is 9.94. The van der Waals surface area contributed by atoms with Gasteiger partial charge in [0.05, 0.1) is 26.2 Å². The predicted octanol–water partition coefficient (Wildman–Crippen LogP) is 5.45. The number of unbranched alkanes of at least 4 members (excludes halogenated alkanes) is 6. The maximum Gasteiger partial charge on any atom is 0.340 e. The fraction of sp³-hybridized carbons (Fsp3) is 0.800. The van der Waals surface area contributed by atoms with Gasteiger partial charge in [-0.25, -0.2) is 9.59 Å². The first-order valence-electron chi connectivity index (χ1n) is 19.9. The zero-order valence-electron chi connectivity index (χ0n) is 34.7. The lowest BCUT2D eigenvalue weighted by Crippen LogP contribution is -2.71. The van der Waals surface area contributed by atoms with E-state index in [4.69, 9.17) is 14.2 Å². The van der Waals surface area contributed by atoms with Gasteiger partial charge in [0.25, 0.3) is 0 Å². The average molecular weight is 805 g/mol. The minimum absolute atomic E-state index is 0.00195. The largest absolute Gasteiger partial charge is 0.481 e. The van der Waals surface area contributed by atoms with Gasteiger partial charge in [0, 0.05) is 0 Å². The average Bonchev–Trinajstić information content (AvgIpc) is 3.11. The van der Waals surface area contributed by atoms with E-state index in [9.17, 15) is 63.9 Å². The summed E-state index contributed by atoms with van der Waals surface area (Å²) in [5, 5.41) is 52.6. The van der Waals surface area contributed by atoms with Gasteiger partial charge < -0.3 is 39.7 Å². The number of aliphatic hydroxyl groups is 2. The summed E-state index contributed by atoms with van der Waals surface area (Å²) in [4.78, 5) is 98.9. The van der Waals surface area contributed by atoms with Gasteiger partial charge in [0.15, 0.2) is 22.7 Å². The van der Waals surface area contributed by atoms with Crippen LogP contribution in [0.5, 0.6) is 0 Å². The quantitative estimate of drug-likeness (QED) is 0.0262. The number of carbonyl (C=O) groups excluding carboxylic acids is 5. The van der Waals surface area contributed by atoms with Crippen molar-refractivity contribution in [3.63, 3.8) is 0 Å². The molecule has 4 atom stereocenters. The van der Waals surface area contributed by atoms with Crippen molar-refractivity contribution in [2.45, 2.75) is 169 Å². The number of rotatable bonds is 30. The van der Waals surface area contributed by atoms with E-state index in [1.165, 1.54) is 0 Å². The summed E-state index contributed by atoms with van der Waals surface area (Å²) in [6.45, 7) is 13.1. The molecule has 0 amide bonds. The van der Waals surface area contributed by atoms with Crippen LogP contribution < -0.4 is 0 Å². The van der Waals surface area contributed by atoms with Crippen LogP contribution >= 0.6 is 0 Å². The Bertz CT molecular complexity index is 1270. The van der Waals surface area contributed by atoms with Crippen LogP contribution in [0.15, 0.2) is 0 Å². The molecule has 0 aromatic rings. The minimum atomic E-state index is -3.29. The Morgan fingerprint density at radius 3 is 1.30 bits per heavy atom. The monoisotopic (exact) mass is 804 g/mol. The number of carboxylic acids is 3. The van der Waals surface area contributed by atoms with Crippen LogP contribution in [0.3, 0.4) is 0 Å². The van der Waals surface area contributed by atoms with Crippen molar-refractivity contribution in [2.75, 3.05) is 19.8 Å². The Kier molecular flexibility index (Phi) is 26.0. The molecule has 0 aliphatic rings. The molecule has 4 unspecified atom stereocenters. The van der Waals surface area contributed by atoms with Crippen molar-refractivity contribution in [1.29, 1.82) is 0 Å². The van der Waals surface area contributed by atoms with Crippen molar-refractivity contribution in [3.8, 4) is 0 Å². The van der Waals surface area contributed by atoms with Crippen LogP contribution in [0.1, 0.15) is 158 Å². The summed E-state index contributed by atoms with van der Waals surface area (Å²) >= 11 is 0. The van der Waals surface area contributed by atoms with Gasteiger partial charge in [0.2, 0.25) is 5.60 Å². The van der Waals surface area contributed by atoms with Gasteiger partial charge >= 0.3 is 35.8 Å². The molecule has 56 heavy (non-hydrogen) atoms. The Morgan fingerprint density at radius 1 is 0.536 bits per heavy atom. The van der Waals surface area contributed by atoms with E-state index < -0.39 is 88.2 Å². The van der Waals surface area contributed by atoms with E-state index in [0.29, 0.717) is 38.5 Å². The predicted molar refractivity (Wildman–Crippen MR) is 203 cm³/mol. The van der Waals surface area contributed by atoms with E-state index in [1.54, 1.807) is 20.8 Å². The second-order valence-corrected chi connectivity index (χ2v) is 14.2. The van der Waals surface area contributed by atoms with E-state index >= 15 is 0 Å². The molecule has 0 aliphatic heterocycles. The van der Waals surface area contributed by atoms with Gasteiger partial charge in [-0.3, -0.25) is 28.8 Å². The van der Waals surface area contributed by atoms with E-state index in [0.717, 1.165) is 33.1 Å². The van der Waals surface area contributed by atoms with Crippen LogP contribution in [0, 0.1) is 16.7 Å². The Morgan fingerprint density at radius 2 is 0.946 bits per heavy atom. The van der Waals surface area contributed by atoms with Gasteiger partial charge in [-0.2, -0.15) is 0 Å². The smallest absolute Gasteiger partial charge is 0.340 e. The fourth-order valence-corrected chi connectivity index (χ4v) is 6.50. The molecule has 5 N–H and O–H groups in total. The van der Waals surface area contributed by atoms with E-state index in [1.807, 2.05) is 20.8 Å². The number of aliphatic carboxylic acids is 3. The Hall–Kier alpha value is -3.92.